The van der Waals surface area contributed by atoms with Gasteiger partial charge in [-0.15, -0.1) is 5.10 Å². The Morgan fingerprint density at radius 1 is 1.47 bits per heavy atom. The molecule has 0 aliphatic carbocycles. The lowest BCUT2D eigenvalue weighted by Crippen LogP contribution is -2.48. The Morgan fingerprint density at radius 3 is 2.82 bits per heavy atom. The Labute approximate surface area is 103 Å². The quantitative estimate of drug-likeness (QED) is 0.827. The predicted molar refractivity (Wildman–Crippen MR) is 67.8 cm³/mol. The zero-order valence-corrected chi connectivity index (χ0v) is 11.3. The molecule has 1 fully saturated rings. The Kier molecular flexibility index (Phi) is 3.49. The van der Waals surface area contributed by atoms with Crippen molar-refractivity contribution < 1.29 is 0 Å². The van der Waals surface area contributed by atoms with Gasteiger partial charge in [0, 0.05) is 32.2 Å². The standard InChI is InChI=1S/C12H23N5/c1-10-7-16(6-5-13-10)8-11-9-17(15-14-11)12(2,3)4/h9-10,13H,5-8H2,1-4H3. The van der Waals surface area contributed by atoms with Crippen LogP contribution in [-0.2, 0) is 12.1 Å². The first-order valence-corrected chi connectivity index (χ1v) is 6.32. The molecule has 0 amide bonds. The van der Waals surface area contributed by atoms with E-state index >= 15 is 0 Å². The van der Waals surface area contributed by atoms with Gasteiger partial charge >= 0.3 is 0 Å². The fourth-order valence-electron chi connectivity index (χ4n) is 2.08. The number of piperazine rings is 1. The summed E-state index contributed by atoms with van der Waals surface area (Å²) in [5.74, 6) is 0. The molecule has 1 aliphatic heterocycles. The number of hydrogen-bond acceptors (Lipinski definition) is 4. The van der Waals surface area contributed by atoms with E-state index in [0.29, 0.717) is 6.04 Å². The molecular formula is C12H23N5. The summed E-state index contributed by atoms with van der Waals surface area (Å²) in [5, 5.41) is 11.9. The first kappa shape index (κ1) is 12.5. The smallest absolute Gasteiger partial charge is 0.0967 e. The zero-order valence-electron chi connectivity index (χ0n) is 11.3. The van der Waals surface area contributed by atoms with Crippen LogP contribution in [0.2, 0.25) is 0 Å². The van der Waals surface area contributed by atoms with Crippen molar-refractivity contribution in [3.63, 3.8) is 0 Å². The Bertz CT molecular complexity index is 365. The first-order chi connectivity index (χ1) is 7.95. The maximum atomic E-state index is 4.25. The monoisotopic (exact) mass is 237 g/mol. The third kappa shape index (κ3) is 3.26. The summed E-state index contributed by atoms with van der Waals surface area (Å²) in [7, 11) is 0. The maximum absolute atomic E-state index is 4.25. The highest BCUT2D eigenvalue weighted by Crippen LogP contribution is 2.13. The van der Waals surface area contributed by atoms with Gasteiger partial charge in [-0.25, -0.2) is 4.68 Å². The van der Waals surface area contributed by atoms with Crippen LogP contribution in [-0.4, -0.2) is 45.6 Å². The molecule has 0 radical (unpaired) electrons. The fourth-order valence-corrected chi connectivity index (χ4v) is 2.08. The second-order valence-corrected chi connectivity index (χ2v) is 5.92. The molecular weight excluding hydrogens is 214 g/mol. The average molecular weight is 237 g/mol. The van der Waals surface area contributed by atoms with E-state index in [-0.39, 0.29) is 5.54 Å². The molecule has 17 heavy (non-hydrogen) atoms. The lowest BCUT2D eigenvalue weighted by atomic mass is 10.1. The van der Waals surface area contributed by atoms with Gasteiger partial charge in [0.05, 0.1) is 17.4 Å². The van der Waals surface area contributed by atoms with Gasteiger partial charge in [0.25, 0.3) is 0 Å². The van der Waals surface area contributed by atoms with Gasteiger partial charge in [-0.05, 0) is 27.7 Å². The van der Waals surface area contributed by atoms with E-state index in [2.05, 4.69) is 54.4 Å². The summed E-state index contributed by atoms with van der Waals surface area (Å²) < 4.78 is 1.94. The molecule has 1 N–H and O–H groups in total. The highest BCUT2D eigenvalue weighted by Gasteiger charge is 2.19. The topological polar surface area (TPSA) is 46.0 Å². The molecule has 2 heterocycles. The molecule has 1 aliphatic rings. The van der Waals surface area contributed by atoms with Crippen LogP contribution in [0.3, 0.4) is 0 Å². The van der Waals surface area contributed by atoms with Crippen molar-refractivity contribution in [1.82, 2.24) is 25.2 Å². The molecule has 2 rings (SSSR count). The second kappa shape index (κ2) is 4.74. The van der Waals surface area contributed by atoms with E-state index in [9.17, 15) is 0 Å². The van der Waals surface area contributed by atoms with E-state index in [4.69, 9.17) is 0 Å². The van der Waals surface area contributed by atoms with E-state index in [1.807, 2.05) is 4.68 Å². The highest BCUT2D eigenvalue weighted by molar-refractivity contribution is 4.95. The van der Waals surface area contributed by atoms with Crippen molar-refractivity contribution in [3.05, 3.63) is 11.9 Å². The second-order valence-electron chi connectivity index (χ2n) is 5.92. The van der Waals surface area contributed by atoms with E-state index < -0.39 is 0 Å². The molecule has 1 atom stereocenters. The van der Waals surface area contributed by atoms with Crippen molar-refractivity contribution in [2.24, 2.45) is 0 Å². The molecule has 0 bridgehead atoms. The van der Waals surface area contributed by atoms with Crippen LogP contribution in [0.15, 0.2) is 6.20 Å². The average Bonchev–Trinajstić information content (AvgIpc) is 2.65. The Hall–Kier alpha value is -0.940. The van der Waals surface area contributed by atoms with Crippen molar-refractivity contribution in [2.45, 2.75) is 45.8 Å². The number of rotatable bonds is 2. The van der Waals surface area contributed by atoms with Crippen LogP contribution >= 0.6 is 0 Å². The molecule has 5 nitrogen and oxygen atoms in total. The van der Waals surface area contributed by atoms with Crippen LogP contribution in [0.5, 0.6) is 0 Å². The minimum Gasteiger partial charge on any atom is -0.312 e. The molecule has 0 aromatic carbocycles. The van der Waals surface area contributed by atoms with Gasteiger partial charge in [0.1, 0.15) is 0 Å². The third-order valence-corrected chi connectivity index (χ3v) is 3.07. The summed E-state index contributed by atoms with van der Waals surface area (Å²) >= 11 is 0. The normalized spacial score (nSPS) is 22.9. The van der Waals surface area contributed by atoms with E-state index in [1.165, 1.54) is 0 Å². The number of nitrogens with zero attached hydrogens (tertiary/aromatic N) is 4. The number of hydrogen-bond donors (Lipinski definition) is 1. The summed E-state index contributed by atoms with van der Waals surface area (Å²) in [6, 6.07) is 0.571. The van der Waals surface area contributed by atoms with Crippen LogP contribution in [0.4, 0.5) is 0 Å². The van der Waals surface area contributed by atoms with Crippen molar-refractivity contribution in [3.8, 4) is 0 Å². The summed E-state index contributed by atoms with van der Waals surface area (Å²) in [6.45, 7) is 12.8. The van der Waals surface area contributed by atoms with Crippen LogP contribution < -0.4 is 5.32 Å². The fraction of sp³-hybridized carbons (Fsp3) is 0.833. The van der Waals surface area contributed by atoms with Crippen LogP contribution in [0.1, 0.15) is 33.4 Å². The Morgan fingerprint density at radius 2 is 2.24 bits per heavy atom. The predicted octanol–water partition coefficient (Wildman–Crippen LogP) is 0.827. The first-order valence-electron chi connectivity index (χ1n) is 6.32. The van der Waals surface area contributed by atoms with Gasteiger partial charge in [-0.2, -0.15) is 0 Å². The zero-order chi connectivity index (χ0) is 12.5. The third-order valence-electron chi connectivity index (χ3n) is 3.07. The summed E-state index contributed by atoms with van der Waals surface area (Å²) in [5.41, 5.74) is 1.08. The summed E-state index contributed by atoms with van der Waals surface area (Å²) in [4.78, 5) is 2.43. The molecule has 1 aromatic heterocycles. The minimum absolute atomic E-state index is 0.0159. The SMILES string of the molecule is CC1CN(Cc2cn(C(C)(C)C)nn2)CCN1. The number of aromatic nitrogens is 3. The van der Waals surface area contributed by atoms with Crippen molar-refractivity contribution in [1.29, 1.82) is 0 Å². The van der Waals surface area contributed by atoms with Gasteiger partial charge in [0.2, 0.25) is 0 Å². The van der Waals surface area contributed by atoms with Gasteiger partial charge in [-0.1, -0.05) is 5.21 Å². The molecule has 1 saturated heterocycles. The lowest BCUT2D eigenvalue weighted by Gasteiger charge is -2.31. The lowest BCUT2D eigenvalue weighted by molar-refractivity contribution is 0.197. The maximum Gasteiger partial charge on any atom is 0.0967 e. The highest BCUT2D eigenvalue weighted by atomic mass is 15.4. The van der Waals surface area contributed by atoms with E-state index in [0.717, 1.165) is 31.9 Å². The largest absolute Gasteiger partial charge is 0.312 e. The van der Waals surface area contributed by atoms with Gasteiger partial charge in [-0.3, -0.25) is 4.90 Å². The molecule has 1 unspecified atom stereocenters. The van der Waals surface area contributed by atoms with Gasteiger partial charge < -0.3 is 5.32 Å². The molecule has 96 valence electrons. The van der Waals surface area contributed by atoms with Crippen LogP contribution in [0, 0.1) is 0 Å². The Balaban J connectivity index is 1.97. The molecule has 1 aromatic rings. The number of nitrogens with one attached hydrogen (secondary N) is 1. The van der Waals surface area contributed by atoms with Gasteiger partial charge in [0.15, 0.2) is 0 Å². The van der Waals surface area contributed by atoms with E-state index in [1.54, 1.807) is 0 Å². The molecule has 0 saturated carbocycles. The van der Waals surface area contributed by atoms with Crippen molar-refractivity contribution >= 4 is 0 Å². The molecule has 5 heteroatoms. The van der Waals surface area contributed by atoms with Crippen LogP contribution in [0.25, 0.3) is 0 Å². The van der Waals surface area contributed by atoms with Crippen molar-refractivity contribution in [2.75, 3.05) is 19.6 Å². The molecule has 0 spiro atoms. The minimum atomic E-state index is 0.0159. The summed E-state index contributed by atoms with van der Waals surface area (Å²) in [6.07, 6.45) is 2.06.